The van der Waals surface area contributed by atoms with E-state index in [9.17, 15) is 0 Å². The number of hydrogen-bond acceptors (Lipinski definition) is 0. The molecule has 115 valence electrons. The summed E-state index contributed by atoms with van der Waals surface area (Å²) in [5.41, 5.74) is 4.86. The molecule has 0 nitrogen and oxygen atoms in total. The van der Waals surface area contributed by atoms with E-state index in [1.165, 1.54) is 5.39 Å². The van der Waals surface area contributed by atoms with Gasteiger partial charge in [0, 0.05) is 0 Å². The molecule has 0 N–H and O–H groups in total. The normalized spacial score (nSPS) is 21.4. The zero-order valence-electron chi connectivity index (χ0n) is 13.2. The molecule has 0 radical (unpaired) electrons. The Morgan fingerprint density at radius 2 is 1.44 bits per heavy atom. The number of fused-ring (bicyclic) bond motifs is 5. The van der Waals surface area contributed by atoms with Crippen molar-refractivity contribution < 1.29 is 48.7 Å². The van der Waals surface area contributed by atoms with Crippen LogP contribution in [0.15, 0.2) is 41.6 Å². The van der Waals surface area contributed by atoms with Crippen LogP contribution in [0.25, 0.3) is 48.7 Å². The van der Waals surface area contributed by atoms with E-state index in [0.717, 1.165) is 0 Å². The summed E-state index contributed by atoms with van der Waals surface area (Å²) in [5.74, 6) is 0. The van der Waals surface area contributed by atoms with Gasteiger partial charge in [-0.1, -0.05) is 0 Å². The largest absolute Gasteiger partial charge is 1.00 e. The second-order valence-corrected chi connectivity index (χ2v) is 16.3. The SMILES string of the molecule is CC1=C2c3cccc4c3c3c2c2c5c6c(cccc6c5c43)[Si]12[Zr+2].[Cl-].[Cl-]. The van der Waals surface area contributed by atoms with Crippen molar-refractivity contribution in [3.05, 3.63) is 52.7 Å². The quantitative estimate of drug-likeness (QED) is 0.230. The van der Waals surface area contributed by atoms with Gasteiger partial charge < -0.3 is 24.8 Å². The molecule has 1 unspecified atom stereocenters. The predicted octanol–water partition coefficient (Wildman–Crippen LogP) is -2.21. The minimum atomic E-state index is -1.59. The summed E-state index contributed by atoms with van der Waals surface area (Å²) in [5, 5.41) is 16.5. The zero-order valence-corrected chi connectivity index (χ0v) is 18.2. The molecule has 0 aromatic heterocycles. The zero-order chi connectivity index (χ0) is 14.8. The van der Waals surface area contributed by atoms with Gasteiger partial charge in [-0.05, 0) is 0 Å². The Labute approximate surface area is 171 Å². The summed E-state index contributed by atoms with van der Waals surface area (Å²) < 4.78 is 0. The molecule has 1 aliphatic carbocycles. The van der Waals surface area contributed by atoms with E-state index in [-0.39, 0.29) is 24.8 Å². The van der Waals surface area contributed by atoms with E-state index in [0.29, 0.717) is 0 Å². The monoisotopic (exact) mass is 449 g/mol. The number of allylic oxidation sites excluding steroid dienone is 1. The van der Waals surface area contributed by atoms with Crippen molar-refractivity contribution in [3.63, 3.8) is 0 Å². The average Bonchev–Trinajstić information content (AvgIpc) is 3.08. The van der Waals surface area contributed by atoms with E-state index < -0.39 is 5.20 Å². The van der Waals surface area contributed by atoms with E-state index in [1.807, 2.05) is 5.19 Å². The van der Waals surface area contributed by atoms with Crippen LogP contribution >= 0.6 is 0 Å². The van der Waals surface area contributed by atoms with Crippen molar-refractivity contribution >= 4 is 64.2 Å². The van der Waals surface area contributed by atoms with Crippen molar-refractivity contribution in [1.82, 2.24) is 0 Å². The summed E-state index contributed by atoms with van der Waals surface area (Å²) >= 11 is 1.76. The Balaban J connectivity index is 0.000000643. The van der Waals surface area contributed by atoms with Gasteiger partial charge in [0.2, 0.25) is 0 Å². The molecule has 0 amide bonds. The first-order valence-corrected chi connectivity index (χ1v) is 13.9. The van der Waals surface area contributed by atoms with Gasteiger partial charge in [0.15, 0.2) is 0 Å². The Hall–Kier alpha value is -0.920. The maximum atomic E-state index is 2.46. The third-order valence-corrected chi connectivity index (χ3v) is 17.3. The van der Waals surface area contributed by atoms with Gasteiger partial charge in [-0.15, -0.1) is 0 Å². The van der Waals surface area contributed by atoms with Gasteiger partial charge in [-0.3, -0.25) is 0 Å². The molecule has 25 heavy (non-hydrogen) atoms. The van der Waals surface area contributed by atoms with Gasteiger partial charge in [0.05, 0.1) is 0 Å². The number of benzene rings is 3. The van der Waals surface area contributed by atoms with Crippen LogP contribution in [-0.4, -0.2) is 5.20 Å². The maximum absolute atomic E-state index is 2.46. The molecule has 8 rings (SSSR count). The third-order valence-electron chi connectivity index (χ3n) is 6.90. The fraction of sp³-hybridized carbons (Fsp3) is 0.0476. The smallest absolute Gasteiger partial charge is 1.00 e. The number of rotatable bonds is 0. The van der Waals surface area contributed by atoms with E-state index >= 15 is 0 Å². The van der Waals surface area contributed by atoms with Crippen molar-refractivity contribution in [2.24, 2.45) is 0 Å². The fourth-order valence-corrected chi connectivity index (χ4v) is 14.3. The van der Waals surface area contributed by atoms with Gasteiger partial charge in [-0.25, -0.2) is 0 Å². The summed E-state index contributed by atoms with van der Waals surface area (Å²) in [6, 6.07) is 14.1. The molecule has 0 saturated heterocycles. The van der Waals surface area contributed by atoms with Crippen molar-refractivity contribution in [2.45, 2.75) is 6.92 Å². The van der Waals surface area contributed by atoms with Gasteiger partial charge in [-0.2, -0.15) is 0 Å². The standard InChI is InChI=1S/C21H9Si.2ClH.Zr/c1-8-13-9-4-2-5-10-14(9)18-16(10)17-11-6-3-7-12-15(11)20(17)21(19(13)18)22(8)12;;;/h2-7H,1H3;2*1H;/q;;;+2/p-2. The van der Waals surface area contributed by atoms with Crippen LogP contribution in [0.3, 0.4) is 0 Å². The fourth-order valence-electron chi connectivity index (χ4n) is 6.11. The maximum Gasteiger partial charge on any atom is -1.00 e. The molecule has 4 heteroatoms. The molecule has 3 aliphatic rings. The van der Waals surface area contributed by atoms with E-state index in [2.05, 4.69) is 43.3 Å². The molecular formula is C21H9Cl2SiZr. The minimum Gasteiger partial charge on any atom is -1.00 e. The van der Waals surface area contributed by atoms with Crippen LogP contribution in [-0.2, 0) is 23.9 Å². The molecule has 0 fully saturated rings. The first-order valence-electron chi connectivity index (χ1n) is 8.24. The van der Waals surface area contributed by atoms with Crippen LogP contribution in [0.1, 0.15) is 18.1 Å². The Morgan fingerprint density at radius 3 is 2.24 bits per heavy atom. The second kappa shape index (κ2) is 3.99. The number of halogens is 2. The third kappa shape index (κ3) is 1.09. The summed E-state index contributed by atoms with van der Waals surface area (Å²) in [7, 11) is 0. The van der Waals surface area contributed by atoms with Crippen molar-refractivity contribution in [3.8, 4) is 0 Å². The molecule has 0 spiro atoms. The van der Waals surface area contributed by atoms with Crippen LogP contribution in [0.5, 0.6) is 0 Å². The van der Waals surface area contributed by atoms with Crippen LogP contribution in [0, 0.1) is 0 Å². The van der Waals surface area contributed by atoms with Crippen molar-refractivity contribution in [1.29, 1.82) is 0 Å². The van der Waals surface area contributed by atoms with Gasteiger partial charge in [0.25, 0.3) is 0 Å². The van der Waals surface area contributed by atoms with Gasteiger partial charge >= 0.3 is 148 Å². The summed E-state index contributed by atoms with van der Waals surface area (Å²) in [6.45, 7) is 2.46. The first kappa shape index (κ1) is 15.2. The molecule has 5 aromatic carbocycles. The molecule has 5 aromatic rings. The minimum absolute atomic E-state index is 0. The van der Waals surface area contributed by atoms with Crippen LogP contribution in [0.4, 0.5) is 0 Å². The molecule has 2 aliphatic heterocycles. The van der Waals surface area contributed by atoms with E-state index in [1.54, 1.807) is 88.7 Å². The second-order valence-electron chi connectivity index (χ2n) is 7.46. The van der Waals surface area contributed by atoms with Gasteiger partial charge in [0.1, 0.15) is 0 Å². The molecule has 0 saturated carbocycles. The van der Waals surface area contributed by atoms with E-state index in [4.69, 9.17) is 0 Å². The number of hydrogen-bond donors (Lipinski definition) is 0. The topological polar surface area (TPSA) is 0 Å². The Bertz CT molecular complexity index is 1480. The van der Waals surface area contributed by atoms with Crippen molar-refractivity contribution in [2.75, 3.05) is 0 Å². The molecular weight excluding hydrogens is 442 g/mol. The molecule has 1 atom stereocenters. The Morgan fingerprint density at radius 1 is 0.760 bits per heavy atom. The Kier molecular flexibility index (Phi) is 2.42. The summed E-state index contributed by atoms with van der Waals surface area (Å²) in [6.07, 6.45) is 0. The average molecular weight is 452 g/mol. The van der Waals surface area contributed by atoms with Crippen LogP contribution in [0.2, 0.25) is 0 Å². The predicted molar refractivity (Wildman–Crippen MR) is 95.6 cm³/mol. The molecule has 2 heterocycles. The van der Waals surface area contributed by atoms with Crippen LogP contribution < -0.4 is 35.2 Å². The first-order chi connectivity index (χ1) is 11.2. The molecule has 0 bridgehead atoms. The summed E-state index contributed by atoms with van der Waals surface area (Å²) in [4.78, 5) is 0.